The second-order valence-corrected chi connectivity index (χ2v) is 6.63. The number of hydrogen-bond donors (Lipinski definition) is 0. The summed E-state index contributed by atoms with van der Waals surface area (Å²) in [6.07, 6.45) is 2.13. The van der Waals surface area contributed by atoms with Crippen LogP contribution >= 0.6 is 0 Å². The van der Waals surface area contributed by atoms with Crippen LogP contribution in [0.5, 0.6) is 11.5 Å². The van der Waals surface area contributed by atoms with Crippen LogP contribution < -0.4 is 9.47 Å². The van der Waals surface area contributed by atoms with Crippen molar-refractivity contribution in [3.8, 4) is 11.5 Å². The number of hydrazone groups is 1. The van der Waals surface area contributed by atoms with Crippen molar-refractivity contribution in [3.63, 3.8) is 0 Å². The number of ether oxygens (including phenoxy) is 2. The van der Waals surface area contributed by atoms with E-state index in [-0.39, 0.29) is 12.3 Å². The molecular formula is C22H20N2O3. The van der Waals surface area contributed by atoms with Gasteiger partial charge in [-0.05, 0) is 55.0 Å². The Kier molecular flexibility index (Phi) is 3.85. The summed E-state index contributed by atoms with van der Waals surface area (Å²) >= 11 is 0. The van der Waals surface area contributed by atoms with Gasteiger partial charge >= 0.3 is 0 Å². The minimum Gasteiger partial charge on any atom is -0.494 e. The van der Waals surface area contributed by atoms with Gasteiger partial charge in [0.2, 0.25) is 6.23 Å². The fourth-order valence-corrected chi connectivity index (χ4v) is 3.74. The lowest BCUT2D eigenvalue weighted by molar-refractivity contribution is -0.0325. The smallest absolute Gasteiger partial charge is 0.246 e. The first-order valence-corrected chi connectivity index (χ1v) is 9.21. The standard InChI is InChI=1S/C22H20N2O3/c1-2-25-16-11-9-15(10-12-16)18-14-19-17-6-3-4-7-20(17)27-22(24(19)23-18)21-8-5-13-26-21/h3-13,19,22H,2,14H2,1H3/t19-,22-/m1/s1. The van der Waals surface area contributed by atoms with Crippen molar-refractivity contribution in [2.45, 2.75) is 25.6 Å². The van der Waals surface area contributed by atoms with E-state index in [1.807, 2.05) is 54.4 Å². The van der Waals surface area contributed by atoms with Gasteiger partial charge in [-0.1, -0.05) is 18.2 Å². The molecule has 1 aromatic heterocycles. The molecule has 2 atom stereocenters. The zero-order valence-electron chi connectivity index (χ0n) is 15.0. The molecule has 136 valence electrons. The molecular weight excluding hydrogens is 340 g/mol. The topological polar surface area (TPSA) is 47.2 Å². The molecule has 0 saturated carbocycles. The molecule has 2 aliphatic heterocycles. The summed E-state index contributed by atoms with van der Waals surface area (Å²) in [5.41, 5.74) is 3.30. The van der Waals surface area contributed by atoms with Crippen LogP contribution in [0.15, 0.2) is 76.4 Å². The molecule has 2 aromatic carbocycles. The van der Waals surface area contributed by atoms with Gasteiger partial charge < -0.3 is 13.9 Å². The van der Waals surface area contributed by atoms with Gasteiger partial charge in [0.05, 0.1) is 24.6 Å². The highest BCUT2D eigenvalue weighted by Crippen LogP contribution is 2.47. The Labute approximate surface area is 157 Å². The van der Waals surface area contributed by atoms with Crippen molar-refractivity contribution < 1.29 is 13.9 Å². The first-order chi connectivity index (χ1) is 13.3. The third-order valence-corrected chi connectivity index (χ3v) is 4.98. The summed E-state index contributed by atoms with van der Waals surface area (Å²) in [5.74, 6) is 2.52. The van der Waals surface area contributed by atoms with Crippen LogP contribution in [-0.2, 0) is 0 Å². The minimum atomic E-state index is -0.361. The Bertz CT molecular complexity index is 963. The van der Waals surface area contributed by atoms with Gasteiger partial charge in [0.15, 0.2) is 5.76 Å². The Morgan fingerprint density at radius 3 is 2.70 bits per heavy atom. The molecule has 0 N–H and O–H groups in total. The highest BCUT2D eigenvalue weighted by molar-refractivity contribution is 6.02. The van der Waals surface area contributed by atoms with Crippen LogP contribution in [0.3, 0.4) is 0 Å². The van der Waals surface area contributed by atoms with Crippen molar-refractivity contribution in [2.75, 3.05) is 6.61 Å². The third-order valence-electron chi connectivity index (χ3n) is 4.98. The largest absolute Gasteiger partial charge is 0.494 e. The van der Waals surface area contributed by atoms with Crippen molar-refractivity contribution in [1.82, 2.24) is 5.01 Å². The number of rotatable bonds is 4. The Morgan fingerprint density at radius 2 is 1.93 bits per heavy atom. The maximum Gasteiger partial charge on any atom is 0.246 e. The maximum atomic E-state index is 6.23. The van der Waals surface area contributed by atoms with Crippen LogP contribution in [0.25, 0.3) is 0 Å². The van der Waals surface area contributed by atoms with E-state index in [4.69, 9.17) is 19.0 Å². The van der Waals surface area contributed by atoms with Gasteiger partial charge in [0, 0.05) is 12.0 Å². The predicted molar refractivity (Wildman–Crippen MR) is 102 cm³/mol. The third kappa shape index (κ3) is 2.76. The van der Waals surface area contributed by atoms with Gasteiger partial charge in [0.25, 0.3) is 0 Å². The van der Waals surface area contributed by atoms with Crippen LogP contribution in [0.4, 0.5) is 0 Å². The molecule has 0 bridgehead atoms. The number of benzene rings is 2. The molecule has 0 saturated heterocycles. The SMILES string of the molecule is CCOc1ccc(C2=NN3[C@H](C2)c2ccccc2O[C@@H]3c2ccco2)cc1. The molecule has 5 nitrogen and oxygen atoms in total. The fourth-order valence-electron chi connectivity index (χ4n) is 3.74. The van der Waals surface area contributed by atoms with Gasteiger partial charge in [-0.2, -0.15) is 5.10 Å². The molecule has 3 aromatic rings. The van der Waals surface area contributed by atoms with Crippen molar-refractivity contribution in [3.05, 3.63) is 83.8 Å². The number of nitrogens with zero attached hydrogens (tertiary/aromatic N) is 2. The van der Waals surface area contributed by atoms with E-state index >= 15 is 0 Å². The zero-order chi connectivity index (χ0) is 18.2. The molecule has 27 heavy (non-hydrogen) atoms. The fraction of sp³-hybridized carbons (Fsp3) is 0.227. The molecule has 0 radical (unpaired) electrons. The second-order valence-electron chi connectivity index (χ2n) is 6.63. The average molecular weight is 360 g/mol. The second kappa shape index (κ2) is 6.50. The van der Waals surface area contributed by atoms with E-state index < -0.39 is 0 Å². The number of furan rings is 1. The average Bonchev–Trinajstić information content (AvgIpc) is 3.39. The molecule has 0 spiro atoms. The highest BCUT2D eigenvalue weighted by atomic mass is 16.5. The first kappa shape index (κ1) is 16.0. The number of hydrogen-bond acceptors (Lipinski definition) is 5. The van der Waals surface area contributed by atoms with Crippen LogP contribution in [0.1, 0.15) is 42.5 Å². The molecule has 0 aliphatic carbocycles. The van der Waals surface area contributed by atoms with E-state index in [0.29, 0.717) is 6.61 Å². The van der Waals surface area contributed by atoms with Crippen LogP contribution in [-0.4, -0.2) is 17.3 Å². The lowest BCUT2D eigenvalue weighted by atomic mass is 9.96. The first-order valence-electron chi connectivity index (χ1n) is 9.21. The van der Waals surface area contributed by atoms with Crippen LogP contribution in [0, 0.1) is 0 Å². The molecule has 5 heteroatoms. The molecule has 0 fully saturated rings. The maximum absolute atomic E-state index is 6.23. The normalized spacial score (nSPS) is 20.5. The van der Waals surface area contributed by atoms with Crippen molar-refractivity contribution in [1.29, 1.82) is 0 Å². The number of para-hydroxylation sites is 1. The van der Waals surface area contributed by atoms with E-state index in [1.165, 1.54) is 0 Å². The predicted octanol–water partition coefficient (Wildman–Crippen LogP) is 4.92. The van der Waals surface area contributed by atoms with Gasteiger partial charge in [-0.25, -0.2) is 5.01 Å². The Morgan fingerprint density at radius 1 is 1.07 bits per heavy atom. The monoisotopic (exact) mass is 360 g/mol. The molecule has 2 aliphatic rings. The zero-order valence-corrected chi connectivity index (χ0v) is 15.0. The summed E-state index contributed by atoms with van der Waals surface area (Å²) < 4.78 is 17.4. The molecule has 5 rings (SSSR count). The summed E-state index contributed by atoms with van der Waals surface area (Å²) in [5, 5.41) is 6.94. The summed E-state index contributed by atoms with van der Waals surface area (Å²) in [7, 11) is 0. The van der Waals surface area contributed by atoms with Crippen LogP contribution in [0.2, 0.25) is 0 Å². The Balaban J connectivity index is 1.52. The molecule has 3 heterocycles. The molecule has 0 unspecified atom stereocenters. The lowest BCUT2D eigenvalue weighted by Crippen LogP contribution is -2.33. The van der Waals surface area contributed by atoms with E-state index in [1.54, 1.807) is 6.26 Å². The number of fused-ring (bicyclic) bond motifs is 3. The van der Waals surface area contributed by atoms with E-state index in [2.05, 4.69) is 18.2 Å². The minimum absolute atomic E-state index is 0.131. The van der Waals surface area contributed by atoms with Gasteiger partial charge in [0.1, 0.15) is 11.5 Å². The summed E-state index contributed by atoms with van der Waals surface area (Å²) in [4.78, 5) is 0. The Hall–Kier alpha value is -3.21. The quantitative estimate of drug-likeness (QED) is 0.662. The summed E-state index contributed by atoms with van der Waals surface area (Å²) in [6.45, 7) is 2.65. The van der Waals surface area contributed by atoms with Crippen molar-refractivity contribution in [2.24, 2.45) is 5.10 Å². The molecule has 0 amide bonds. The van der Waals surface area contributed by atoms with E-state index in [0.717, 1.165) is 40.5 Å². The van der Waals surface area contributed by atoms with Gasteiger partial charge in [-0.3, -0.25) is 0 Å². The highest BCUT2D eigenvalue weighted by Gasteiger charge is 2.41. The summed E-state index contributed by atoms with van der Waals surface area (Å²) in [6, 6.07) is 20.2. The van der Waals surface area contributed by atoms with Gasteiger partial charge in [-0.15, -0.1) is 0 Å². The lowest BCUT2D eigenvalue weighted by Gasteiger charge is -2.36. The van der Waals surface area contributed by atoms with Crippen molar-refractivity contribution >= 4 is 5.71 Å². The van der Waals surface area contributed by atoms with E-state index in [9.17, 15) is 0 Å².